The average molecular weight is 391 g/mol. The summed E-state index contributed by atoms with van der Waals surface area (Å²) in [6.45, 7) is 0.0224. The molecule has 0 fully saturated rings. The molecule has 0 heterocycles. The van der Waals surface area contributed by atoms with Gasteiger partial charge < -0.3 is 10.0 Å². The second-order valence-corrected chi connectivity index (χ2v) is 5.13. The predicted octanol–water partition coefficient (Wildman–Crippen LogP) is 4.26. The summed E-state index contributed by atoms with van der Waals surface area (Å²) in [5.41, 5.74) is 4.45. The van der Waals surface area contributed by atoms with Gasteiger partial charge in [-0.2, -0.15) is 18.2 Å². The van der Waals surface area contributed by atoms with Crippen molar-refractivity contribution in [3.63, 3.8) is 0 Å². The molecule has 117 valence electrons. The molecule has 0 aliphatic carbocycles. The van der Waals surface area contributed by atoms with Gasteiger partial charge in [0.1, 0.15) is 6.29 Å². The fourth-order valence-electron chi connectivity index (χ4n) is 2.43. The Hall–Kier alpha value is -1.81. The maximum atomic E-state index is 10.9. The van der Waals surface area contributed by atoms with Crippen molar-refractivity contribution in [2.45, 2.75) is 6.61 Å². The normalized spacial score (nSPS) is 9.88. The van der Waals surface area contributed by atoms with E-state index in [1.165, 1.54) is 0 Å². The van der Waals surface area contributed by atoms with Crippen LogP contribution in [0.1, 0.15) is 15.9 Å². The van der Waals surface area contributed by atoms with Crippen molar-refractivity contribution < 1.29 is 42.6 Å². The van der Waals surface area contributed by atoms with E-state index in [9.17, 15) is 9.90 Å². The molecule has 4 heteroatoms. The van der Waals surface area contributed by atoms with Crippen LogP contribution in [0.15, 0.2) is 72.8 Å². The summed E-state index contributed by atoms with van der Waals surface area (Å²) in [7, 11) is 0. The van der Waals surface area contributed by atoms with E-state index in [2.05, 4.69) is 11.0 Å². The van der Waals surface area contributed by atoms with Crippen LogP contribution >= 0.6 is 0 Å². The Balaban J connectivity index is 0.00000208. The van der Waals surface area contributed by atoms with Crippen molar-refractivity contribution in [2.24, 2.45) is 0 Å². The molecule has 0 aromatic heterocycles. The van der Waals surface area contributed by atoms with Crippen LogP contribution in [0.4, 0.5) is 17.1 Å². The molecule has 0 aliphatic rings. The quantitative estimate of drug-likeness (QED) is 0.522. The van der Waals surface area contributed by atoms with E-state index in [0.29, 0.717) is 5.56 Å². The van der Waals surface area contributed by atoms with Crippen LogP contribution in [0.2, 0.25) is 0 Å². The molecule has 0 saturated carbocycles. The van der Waals surface area contributed by atoms with Gasteiger partial charge in [0.2, 0.25) is 0 Å². The molecule has 24 heavy (non-hydrogen) atoms. The number of carbonyl (C=O) groups is 1. The molecule has 3 aromatic rings. The Labute approximate surface area is 166 Å². The van der Waals surface area contributed by atoms with Crippen molar-refractivity contribution in [3.05, 3.63) is 90.0 Å². The minimum atomic E-state index is 0. The second-order valence-electron chi connectivity index (χ2n) is 5.13. The average Bonchev–Trinajstić information content (AvgIpc) is 2.64. The number of aliphatic hydroxyl groups is 1. The molecule has 3 rings (SSSR count). The Morgan fingerprint density at radius 2 is 1.33 bits per heavy atom. The third-order valence-electron chi connectivity index (χ3n) is 3.62. The zero-order valence-corrected chi connectivity index (χ0v) is 15.9. The zero-order chi connectivity index (χ0) is 16.1. The Morgan fingerprint density at radius 1 is 0.833 bits per heavy atom. The summed E-state index contributed by atoms with van der Waals surface area (Å²) in [4.78, 5) is 12.9. The molecule has 1 radical (unpaired) electrons. The van der Waals surface area contributed by atoms with E-state index in [1.807, 2.05) is 60.7 Å². The van der Waals surface area contributed by atoms with E-state index in [-0.39, 0.29) is 39.3 Å². The van der Waals surface area contributed by atoms with Gasteiger partial charge in [0, 0.05) is 49.6 Å². The molecule has 0 bridgehead atoms. The number of anilines is 3. The van der Waals surface area contributed by atoms with Crippen molar-refractivity contribution in [3.8, 4) is 0 Å². The first-order valence-electron chi connectivity index (χ1n) is 7.33. The number of carbonyl (C=O) groups excluding carboxylic acids is 1. The largest absolute Gasteiger partial charge is 0.392 e. The van der Waals surface area contributed by atoms with E-state index in [0.717, 1.165) is 28.9 Å². The molecule has 1 N–H and O–H groups in total. The number of rotatable bonds is 5. The summed E-state index contributed by atoms with van der Waals surface area (Å²) in [6.07, 6.45) is 0.835. The van der Waals surface area contributed by atoms with Gasteiger partial charge in [0.25, 0.3) is 0 Å². The topological polar surface area (TPSA) is 40.5 Å². The maximum absolute atomic E-state index is 10.9. The molecule has 3 aromatic carbocycles. The van der Waals surface area contributed by atoms with Crippen molar-refractivity contribution >= 4 is 23.3 Å². The molecule has 0 unspecified atom stereocenters. The molecule has 3 nitrogen and oxygen atoms in total. The summed E-state index contributed by atoms with van der Waals surface area (Å²) < 4.78 is 0. The molecular weight excluding hydrogens is 375 g/mol. The smallest absolute Gasteiger partial charge is 0.150 e. The number of hydrogen-bond donors (Lipinski definition) is 1. The van der Waals surface area contributed by atoms with Crippen molar-refractivity contribution in [2.75, 3.05) is 4.90 Å². The van der Waals surface area contributed by atoms with Crippen LogP contribution in [-0.4, -0.2) is 11.4 Å². The standard InChI is InChI=1S/C20H16NO2.Y/c22-14-16-6-10-19(11-7-16)21(18-4-2-1-3-5-18)20-12-8-17(15-23)9-13-20;/h2-14,23H,15H2;/q-1;. The molecule has 0 amide bonds. The van der Waals surface area contributed by atoms with Gasteiger partial charge in [-0.15, -0.1) is 12.1 Å². The maximum Gasteiger partial charge on any atom is 0.150 e. The van der Waals surface area contributed by atoms with Gasteiger partial charge in [-0.3, -0.25) is 4.79 Å². The molecule has 0 saturated heterocycles. The van der Waals surface area contributed by atoms with Crippen LogP contribution in [-0.2, 0) is 39.3 Å². The first kappa shape index (κ1) is 18.5. The molecule has 0 aliphatic heterocycles. The first-order valence-corrected chi connectivity index (χ1v) is 7.33. The van der Waals surface area contributed by atoms with Crippen LogP contribution in [0, 0.1) is 6.07 Å². The van der Waals surface area contributed by atoms with Crippen LogP contribution in [0.3, 0.4) is 0 Å². The third-order valence-corrected chi connectivity index (χ3v) is 3.62. The Kier molecular flexibility index (Phi) is 6.86. The summed E-state index contributed by atoms with van der Waals surface area (Å²) >= 11 is 0. The van der Waals surface area contributed by atoms with Gasteiger partial charge in [0.05, 0.1) is 6.61 Å². The van der Waals surface area contributed by atoms with Gasteiger partial charge in [0.15, 0.2) is 0 Å². The van der Waals surface area contributed by atoms with E-state index in [1.54, 1.807) is 12.1 Å². The molecule has 0 atom stereocenters. The minimum Gasteiger partial charge on any atom is -0.392 e. The van der Waals surface area contributed by atoms with Gasteiger partial charge in [-0.05, 0) is 42.0 Å². The fourth-order valence-corrected chi connectivity index (χ4v) is 2.43. The monoisotopic (exact) mass is 391 g/mol. The Bertz CT molecular complexity index is 771. The zero-order valence-electron chi connectivity index (χ0n) is 13.1. The van der Waals surface area contributed by atoms with Crippen LogP contribution < -0.4 is 4.90 Å². The van der Waals surface area contributed by atoms with Crippen molar-refractivity contribution in [1.29, 1.82) is 0 Å². The van der Waals surface area contributed by atoms with E-state index >= 15 is 0 Å². The summed E-state index contributed by atoms with van der Waals surface area (Å²) in [5, 5.41) is 9.21. The number of benzene rings is 3. The number of aldehydes is 1. The predicted molar refractivity (Wildman–Crippen MR) is 91.3 cm³/mol. The van der Waals surface area contributed by atoms with Crippen LogP contribution in [0.5, 0.6) is 0 Å². The van der Waals surface area contributed by atoms with E-state index < -0.39 is 0 Å². The molecule has 0 spiro atoms. The van der Waals surface area contributed by atoms with E-state index in [4.69, 9.17) is 0 Å². The van der Waals surface area contributed by atoms with Gasteiger partial charge in [-0.25, -0.2) is 0 Å². The third kappa shape index (κ3) is 4.18. The fraction of sp³-hybridized carbons (Fsp3) is 0.0500. The number of nitrogens with zero attached hydrogens (tertiary/aromatic N) is 1. The number of hydrogen-bond acceptors (Lipinski definition) is 3. The van der Waals surface area contributed by atoms with Crippen molar-refractivity contribution in [1.82, 2.24) is 0 Å². The minimum absolute atomic E-state index is 0. The van der Waals surface area contributed by atoms with Gasteiger partial charge in [-0.1, -0.05) is 17.8 Å². The SMILES string of the molecule is O=Cc1ccc(N(c2cc[c-]cc2)c2ccc(CO)cc2)cc1.[Y]. The summed E-state index contributed by atoms with van der Waals surface area (Å²) in [5.74, 6) is 0. The first-order chi connectivity index (χ1) is 11.3. The number of aliphatic hydroxyl groups excluding tert-OH is 1. The van der Waals surface area contributed by atoms with Crippen LogP contribution in [0.25, 0.3) is 0 Å². The molecular formula is C20H16NO2Y-. The Morgan fingerprint density at radius 3 is 1.83 bits per heavy atom. The summed E-state index contributed by atoms with van der Waals surface area (Å²) in [6, 6.07) is 25.9. The second kappa shape index (κ2) is 8.88. The van der Waals surface area contributed by atoms with Gasteiger partial charge >= 0.3 is 0 Å².